The molecule has 0 aliphatic rings. The molecule has 3 nitrogen and oxygen atoms in total. The predicted octanol–water partition coefficient (Wildman–Crippen LogP) is 4.12. The Bertz CT molecular complexity index is 599. The van der Waals surface area contributed by atoms with Crippen LogP contribution in [0.25, 0.3) is 0 Å². The maximum Gasteiger partial charge on any atom is 0.134 e. The molecule has 2 aromatic carbocycles. The van der Waals surface area contributed by atoms with Gasteiger partial charge in [0, 0.05) is 24.2 Å². The van der Waals surface area contributed by atoms with Crippen LogP contribution in [-0.4, -0.2) is 13.2 Å². The van der Waals surface area contributed by atoms with E-state index < -0.39 is 0 Å². The zero-order chi connectivity index (χ0) is 15.2. The molecule has 2 aromatic rings. The molecule has 0 atom stereocenters. The SMILES string of the molecule is COc1cccc(Oc2cccc(F)c2CNC(C)C)c1. The molecule has 4 heteroatoms. The Kier molecular flexibility index (Phi) is 5.17. The lowest BCUT2D eigenvalue weighted by molar-refractivity contribution is 0.407. The van der Waals surface area contributed by atoms with E-state index in [1.807, 2.05) is 32.0 Å². The highest BCUT2D eigenvalue weighted by Gasteiger charge is 2.11. The molecule has 0 aliphatic heterocycles. The summed E-state index contributed by atoms with van der Waals surface area (Å²) >= 11 is 0. The number of benzene rings is 2. The first-order valence-electron chi connectivity index (χ1n) is 6.93. The average molecular weight is 289 g/mol. The number of nitrogens with one attached hydrogen (secondary N) is 1. The largest absolute Gasteiger partial charge is 0.497 e. The second kappa shape index (κ2) is 7.09. The van der Waals surface area contributed by atoms with Gasteiger partial charge in [0.25, 0.3) is 0 Å². The van der Waals surface area contributed by atoms with Crippen molar-refractivity contribution in [1.29, 1.82) is 0 Å². The molecular weight excluding hydrogens is 269 g/mol. The van der Waals surface area contributed by atoms with Crippen LogP contribution < -0.4 is 14.8 Å². The zero-order valence-electron chi connectivity index (χ0n) is 12.5. The van der Waals surface area contributed by atoms with Crippen LogP contribution in [0.3, 0.4) is 0 Å². The lowest BCUT2D eigenvalue weighted by atomic mass is 10.1. The molecule has 1 N–H and O–H groups in total. The zero-order valence-corrected chi connectivity index (χ0v) is 12.5. The van der Waals surface area contributed by atoms with E-state index in [9.17, 15) is 4.39 Å². The van der Waals surface area contributed by atoms with Gasteiger partial charge in [0.1, 0.15) is 23.1 Å². The number of hydrogen-bond donors (Lipinski definition) is 1. The molecule has 0 heterocycles. The molecule has 0 fully saturated rings. The third-order valence-corrected chi connectivity index (χ3v) is 3.03. The summed E-state index contributed by atoms with van der Waals surface area (Å²) in [6, 6.07) is 12.4. The first-order valence-corrected chi connectivity index (χ1v) is 6.93. The molecule has 0 aromatic heterocycles. The molecule has 21 heavy (non-hydrogen) atoms. The summed E-state index contributed by atoms with van der Waals surface area (Å²) in [6.45, 7) is 4.45. The number of halogens is 1. The van der Waals surface area contributed by atoms with Crippen molar-refractivity contribution in [1.82, 2.24) is 5.32 Å². The third kappa shape index (κ3) is 4.20. The first-order chi connectivity index (χ1) is 10.1. The molecule has 0 saturated heterocycles. The minimum atomic E-state index is -0.274. The summed E-state index contributed by atoms with van der Waals surface area (Å²) in [5.74, 6) is 1.55. The molecule has 2 rings (SSSR count). The Labute approximate surface area is 124 Å². The fourth-order valence-electron chi connectivity index (χ4n) is 1.90. The Hall–Kier alpha value is -2.07. The van der Waals surface area contributed by atoms with E-state index in [4.69, 9.17) is 9.47 Å². The number of methoxy groups -OCH3 is 1. The van der Waals surface area contributed by atoms with E-state index in [2.05, 4.69) is 5.32 Å². The van der Waals surface area contributed by atoms with Crippen molar-refractivity contribution in [3.8, 4) is 17.2 Å². The van der Waals surface area contributed by atoms with E-state index in [0.717, 1.165) is 0 Å². The smallest absolute Gasteiger partial charge is 0.134 e. The lowest BCUT2D eigenvalue weighted by Gasteiger charge is -2.14. The fourth-order valence-corrected chi connectivity index (χ4v) is 1.90. The van der Waals surface area contributed by atoms with Crippen LogP contribution in [0.5, 0.6) is 17.2 Å². The van der Waals surface area contributed by atoms with Crippen molar-refractivity contribution in [2.24, 2.45) is 0 Å². The maximum absolute atomic E-state index is 14.0. The standard InChI is InChI=1S/C17H20FNO2/c1-12(2)19-11-15-16(18)8-5-9-17(15)21-14-7-4-6-13(10-14)20-3/h4-10,12,19H,11H2,1-3H3. The van der Waals surface area contributed by atoms with E-state index in [1.165, 1.54) is 6.07 Å². The van der Waals surface area contributed by atoms with Crippen LogP contribution in [0.2, 0.25) is 0 Å². The molecule has 0 spiro atoms. The summed E-state index contributed by atoms with van der Waals surface area (Å²) in [5, 5.41) is 3.21. The van der Waals surface area contributed by atoms with E-state index in [0.29, 0.717) is 29.4 Å². The van der Waals surface area contributed by atoms with Gasteiger partial charge in [-0.05, 0) is 24.3 Å². The molecular formula is C17H20FNO2. The van der Waals surface area contributed by atoms with Crippen molar-refractivity contribution in [3.63, 3.8) is 0 Å². The van der Waals surface area contributed by atoms with Gasteiger partial charge < -0.3 is 14.8 Å². The van der Waals surface area contributed by atoms with Gasteiger partial charge in [-0.2, -0.15) is 0 Å². The molecule has 0 unspecified atom stereocenters. The minimum absolute atomic E-state index is 0.272. The van der Waals surface area contributed by atoms with Gasteiger partial charge in [0.2, 0.25) is 0 Å². The highest BCUT2D eigenvalue weighted by Crippen LogP contribution is 2.29. The van der Waals surface area contributed by atoms with Crippen LogP contribution >= 0.6 is 0 Å². The molecule has 0 aliphatic carbocycles. The van der Waals surface area contributed by atoms with Crippen molar-refractivity contribution in [2.45, 2.75) is 26.4 Å². The van der Waals surface area contributed by atoms with Gasteiger partial charge in [-0.1, -0.05) is 26.0 Å². The topological polar surface area (TPSA) is 30.5 Å². The molecule has 0 bridgehead atoms. The predicted molar refractivity (Wildman–Crippen MR) is 81.4 cm³/mol. The Morgan fingerprint density at radius 2 is 1.81 bits per heavy atom. The van der Waals surface area contributed by atoms with Crippen molar-refractivity contribution in [3.05, 3.63) is 53.8 Å². The summed E-state index contributed by atoms with van der Waals surface area (Å²) in [5.41, 5.74) is 0.522. The van der Waals surface area contributed by atoms with Crippen LogP contribution in [0.1, 0.15) is 19.4 Å². The Balaban J connectivity index is 2.24. The highest BCUT2D eigenvalue weighted by molar-refractivity contribution is 5.41. The van der Waals surface area contributed by atoms with Gasteiger partial charge in [-0.15, -0.1) is 0 Å². The summed E-state index contributed by atoms with van der Waals surface area (Å²) in [4.78, 5) is 0. The summed E-state index contributed by atoms with van der Waals surface area (Å²) in [6.07, 6.45) is 0. The normalized spacial score (nSPS) is 10.7. The molecule has 0 amide bonds. The van der Waals surface area contributed by atoms with Gasteiger partial charge in [0.15, 0.2) is 0 Å². The fraction of sp³-hybridized carbons (Fsp3) is 0.294. The summed E-state index contributed by atoms with van der Waals surface area (Å²) < 4.78 is 25.0. The van der Waals surface area contributed by atoms with Gasteiger partial charge in [0.05, 0.1) is 7.11 Å². The van der Waals surface area contributed by atoms with Gasteiger partial charge in [-0.25, -0.2) is 4.39 Å². The number of rotatable bonds is 6. The van der Waals surface area contributed by atoms with E-state index in [-0.39, 0.29) is 11.9 Å². The first kappa shape index (κ1) is 15.3. The molecule has 0 radical (unpaired) electrons. The van der Waals surface area contributed by atoms with Gasteiger partial charge >= 0.3 is 0 Å². The quantitative estimate of drug-likeness (QED) is 0.867. The van der Waals surface area contributed by atoms with Crippen LogP contribution in [0.4, 0.5) is 4.39 Å². The van der Waals surface area contributed by atoms with Crippen molar-refractivity contribution < 1.29 is 13.9 Å². The monoisotopic (exact) mass is 289 g/mol. The number of ether oxygens (including phenoxy) is 2. The van der Waals surface area contributed by atoms with Crippen molar-refractivity contribution in [2.75, 3.05) is 7.11 Å². The second-order valence-electron chi connectivity index (χ2n) is 5.03. The average Bonchev–Trinajstić information content (AvgIpc) is 2.46. The van der Waals surface area contributed by atoms with Crippen LogP contribution in [0.15, 0.2) is 42.5 Å². The Morgan fingerprint density at radius 3 is 2.52 bits per heavy atom. The molecule has 112 valence electrons. The van der Waals surface area contributed by atoms with Crippen LogP contribution in [0, 0.1) is 5.82 Å². The summed E-state index contributed by atoms with van der Waals surface area (Å²) in [7, 11) is 1.60. The van der Waals surface area contributed by atoms with Crippen molar-refractivity contribution >= 4 is 0 Å². The highest BCUT2D eigenvalue weighted by atomic mass is 19.1. The third-order valence-electron chi connectivity index (χ3n) is 3.03. The van der Waals surface area contributed by atoms with E-state index in [1.54, 1.807) is 25.3 Å². The van der Waals surface area contributed by atoms with Crippen LogP contribution in [-0.2, 0) is 6.54 Å². The maximum atomic E-state index is 14.0. The van der Waals surface area contributed by atoms with Gasteiger partial charge in [-0.3, -0.25) is 0 Å². The van der Waals surface area contributed by atoms with E-state index >= 15 is 0 Å². The number of hydrogen-bond acceptors (Lipinski definition) is 3. The lowest BCUT2D eigenvalue weighted by Crippen LogP contribution is -2.22. The second-order valence-corrected chi connectivity index (χ2v) is 5.03. The minimum Gasteiger partial charge on any atom is -0.497 e. The Morgan fingerprint density at radius 1 is 1.10 bits per heavy atom. The molecule has 0 saturated carbocycles.